The second-order valence-electron chi connectivity index (χ2n) is 8.36. The van der Waals surface area contributed by atoms with Crippen LogP contribution in [0.5, 0.6) is 11.5 Å². The normalized spacial score (nSPS) is 21.3. The number of esters is 1. The maximum Gasteiger partial charge on any atom is 0.338 e. The fourth-order valence-corrected chi connectivity index (χ4v) is 5.41. The highest BCUT2D eigenvalue weighted by molar-refractivity contribution is 8.16. The Morgan fingerprint density at radius 1 is 1.20 bits per heavy atom. The largest absolute Gasteiger partial charge is 0.497 e. The van der Waals surface area contributed by atoms with Crippen LogP contribution < -0.4 is 14.8 Å². The molecule has 0 unspecified atom stereocenters. The van der Waals surface area contributed by atoms with Gasteiger partial charge >= 0.3 is 5.97 Å². The van der Waals surface area contributed by atoms with E-state index in [0.29, 0.717) is 40.9 Å². The zero-order chi connectivity index (χ0) is 24.9. The molecule has 188 valence electrons. The van der Waals surface area contributed by atoms with Crippen LogP contribution in [-0.2, 0) is 19.1 Å². The van der Waals surface area contributed by atoms with Gasteiger partial charge in [-0.15, -0.1) is 0 Å². The first-order valence-corrected chi connectivity index (χ1v) is 12.5. The van der Waals surface area contributed by atoms with Gasteiger partial charge < -0.3 is 29.2 Å². The van der Waals surface area contributed by atoms with Crippen molar-refractivity contribution in [2.75, 3.05) is 34.5 Å². The minimum absolute atomic E-state index is 0.0657. The number of nitrogens with one attached hydrogen (secondary N) is 1. The van der Waals surface area contributed by atoms with Gasteiger partial charge in [-0.3, -0.25) is 4.79 Å². The van der Waals surface area contributed by atoms with Crippen molar-refractivity contribution in [1.29, 1.82) is 0 Å². The molecule has 0 aromatic heterocycles. The van der Waals surface area contributed by atoms with Crippen LogP contribution in [0.15, 0.2) is 45.6 Å². The molecule has 1 saturated heterocycles. The van der Waals surface area contributed by atoms with Gasteiger partial charge in [0, 0.05) is 24.9 Å². The molecule has 9 nitrogen and oxygen atoms in total. The summed E-state index contributed by atoms with van der Waals surface area (Å²) in [5.74, 6) is 0.616. The number of carbonyl (C=O) groups excluding carboxylic acids is 2. The molecule has 3 heterocycles. The number of hydrogen-bond donors (Lipinski definition) is 1. The van der Waals surface area contributed by atoms with Gasteiger partial charge in [-0.1, -0.05) is 18.7 Å². The smallest absolute Gasteiger partial charge is 0.338 e. The molecule has 3 aliphatic rings. The van der Waals surface area contributed by atoms with Crippen molar-refractivity contribution in [2.45, 2.75) is 44.8 Å². The van der Waals surface area contributed by atoms with Crippen LogP contribution in [0.4, 0.5) is 0 Å². The summed E-state index contributed by atoms with van der Waals surface area (Å²) in [7, 11) is 4.52. The number of rotatable bonds is 9. The molecule has 3 aliphatic heterocycles. The number of aliphatic imine (C=N–C) groups is 1. The highest BCUT2D eigenvalue weighted by atomic mass is 32.2. The SMILES string of the molecule is CCC1=C(C(=O)OC)[C@H](c2cc(OC)cc(OC)c2)N2C(CC(=O)NC[C@H]3CCCO3)=CSC2=N1. The summed E-state index contributed by atoms with van der Waals surface area (Å²) in [6, 6.07) is 4.95. The van der Waals surface area contributed by atoms with Crippen molar-refractivity contribution >= 4 is 28.8 Å². The molecule has 1 amide bonds. The highest BCUT2D eigenvalue weighted by Crippen LogP contribution is 2.46. The lowest BCUT2D eigenvalue weighted by Gasteiger charge is -2.36. The summed E-state index contributed by atoms with van der Waals surface area (Å²) < 4.78 is 21.8. The molecule has 0 saturated carbocycles. The number of carbonyl (C=O) groups is 2. The number of fused-ring (bicyclic) bond motifs is 1. The predicted octanol–water partition coefficient (Wildman–Crippen LogP) is 3.53. The molecule has 0 bridgehead atoms. The summed E-state index contributed by atoms with van der Waals surface area (Å²) >= 11 is 1.44. The van der Waals surface area contributed by atoms with Gasteiger partial charge in [0.05, 0.1) is 51.2 Å². The van der Waals surface area contributed by atoms with Gasteiger partial charge in [-0.25, -0.2) is 9.79 Å². The number of thioether (sulfide) groups is 1. The Morgan fingerprint density at radius 3 is 2.54 bits per heavy atom. The minimum Gasteiger partial charge on any atom is -0.497 e. The number of amides is 1. The third kappa shape index (κ3) is 5.33. The number of nitrogens with zero attached hydrogens (tertiary/aromatic N) is 2. The van der Waals surface area contributed by atoms with Crippen LogP contribution in [0, 0.1) is 0 Å². The van der Waals surface area contributed by atoms with Crippen LogP contribution in [0.3, 0.4) is 0 Å². The second-order valence-corrected chi connectivity index (χ2v) is 9.20. The minimum atomic E-state index is -0.555. The first-order chi connectivity index (χ1) is 17.0. The lowest BCUT2D eigenvalue weighted by molar-refractivity contribution is -0.136. The lowest BCUT2D eigenvalue weighted by atomic mass is 9.92. The third-order valence-corrected chi connectivity index (χ3v) is 7.10. The van der Waals surface area contributed by atoms with E-state index in [4.69, 9.17) is 23.9 Å². The molecule has 10 heteroatoms. The standard InChI is InChI=1S/C25H31N3O6S/c1-5-20-22(24(30)33-4)23(15-9-18(31-2)12-19(10-15)32-3)28-16(14-35-25(28)27-20)11-21(29)26-13-17-7-6-8-34-17/h9-10,12,14,17,23H,5-8,11,13H2,1-4H3,(H,26,29)/t17-,23+/m1/s1. The molecular formula is C25H31N3O6S. The summed E-state index contributed by atoms with van der Waals surface area (Å²) in [6.07, 6.45) is 2.73. The zero-order valence-electron chi connectivity index (χ0n) is 20.5. The number of methoxy groups -OCH3 is 3. The average Bonchev–Trinajstić information content (AvgIpc) is 3.55. The van der Waals surface area contributed by atoms with Gasteiger partial charge in [0.2, 0.25) is 5.91 Å². The zero-order valence-corrected chi connectivity index (χ0v) is 21.3. The van der Waals surface area contributed by atoms with E-state index in [1.807, 2.05) is 29.4 Å². The van der Waals surface area contributed by atoms with Crippen molar-refractivity contribution < 1.29 is 28.5 Å². The molecule has 35 heavy (non-hydrogen) atoms. The fraction of sp³-hybridized carbons (Fsp3) is 0.480. The monoisotopic (exact) mass is 501 g/mol. The topological polar surface area (TPSA) is 98.7 Å². The molecule has 1 fully saturated rings. The Hall–Kier alpha value is -2.98. The van der Waals surface area contributed by atoms with E-state index >= 15 is 0 Å². The van der Waals surface area contributed by atoms with Gasteiger partial charge in [-0.05, 0) is 42.4 Å². The number of amidine groups is 1. The van der Waals surface area contributed by atoms with Crippen molar-refractivity contribution in [2.24, 2.45) is 4.99 Å². The molecule has 0 aliphatic carbocycles. The van der Waals surface area contributed by atoms with Gasteiger partial charge in [0.25, 0.3) is 0 Å². The van der Waals surface area contributed by atoms with Crippen LogP contribution in [0.2, 0.25) is 0 Å². The Bertz CT molecular complexity index is 1050. The summed E-state index contributed by atoms with van der Waals surface area (Å²) in [6.45, 7) is 3.18. The molecule has 1 N–H and O–H groups in total. The van der Waals surface area contributed by atoms with E-state index in [2.05, 4.69) is 5.32 Å². The van der Waals surface area contributed by atoms with Gasteiger partial charge in [0.15, 0.2) is 5.17 Å². The second kappa shape index (κ2) is 11.2. The maximum atomic E-state index is 13.0. The first-order valence-electron chi connectivity index (χ1n) is 11.6. The van der Waals surface area contributed by atoms with E-state index in [9.17, 15) is 9.59 Å². The fourth-order valence-electron chi connectivity index (χ4n) is 4.48. The molecule has 1 aromatic rings. The Labute approximate surface area is 209 Å². The molecule has 0 radical (unpaired) electrons. The molecule has 2 atom stereocenters. The van der Waals surface area contributed by atoms with Gasteiger partial charge in [0.1, 0.15) is 11.5 Å². The lowest BCUT2D eigenvalue weighted by Crippen LogP contribution is -2.39. The number of allylic oxidation sites excluding steroid dienone is 1. The Balaban J connectivity index is 1.69. The summed E-state index contributed by atoms with van der Waals surface area (Å²) in [4.78, 5) is 32.6. The Kier molecular flexibility index (Phi) is 8.02. The number of hydrogen-bond acceptors (Lipinski definition) is 9. The summed E-state index contributed by atoms with van der Waals surface area (Å²) in [5.41, 5.74) is 2.61. The first kappa shape index (κ1) is 25.1. The molecule has 1 aromatic carbocycles. The molecule has 4 rings (SSSR count). The highest BCUT2D eigenvalue weighted by Gasteiger charge is 2.42. The van der Waals surface area contributed by atoms with Crippen LogP contribution in [-0.4, -0.2) is 62.5 Å². The van der Waals surface area contributed by atoms with Crippen molar-refractivity contribution in [3.8, 4) is 11.5 Å². The van der Waals surface area contributed by atoms with Gasteiger partial charge in [-0.2, -0.15) is 0 Å². The summed E-state index contributed by atoms with van der Waals surface area (Å²) in [5, 5.41) is 5.61. The predicted molar refractivity (Wildman–Crippen MR) is 133 cm³/mol. The van der Waals surface area contributed by atoms with Crippen molar-refractivity contribution in [3.05, 3.63) is 46.1 Å². The average molecular weight is 502 g/mol. The molecule has 0 spiro atoms. The van der Waals surface area contributed by atoms with Crippen LogP contribution in [0.25, 0.3) is 0 Å². The third-order valence-electron chi connectivity index (χ3n) is 6.21. The number of benzene rings is 1. The maximum absolute atomic E-state index is 13.0. The van der Waals surface area contributed by atoms with E-state index in [1.54, 1.807) is 20.3 Å². The van der Waals surface area contributed by atoms with E-state index in [-0.39, 0.29) is 18.4 Å². The van der Waals surface area contributed by atoms with Crippen molar-refractivity contribution in [3.63, 3.8) is 0 Å². The molecular weight excluding hydrogens is 470 g/mol. The van der Waals surface area contributed by atoms with Crippen LogP contribution >= 0.6 is 11.8 Å². The quantitative estimate of drug-likeness (QED) is 0.513. The van der Waals surface area contributed by atoms with E-state index < -0.39 is 12.0 Å². The van der Waals surface area contributed by atoms with Crippen LogP contribution in [0.1, 0.15) is 44.2 Å². The Morgan fingerprint density at radius 2 is 1.94 bits per heavy atom. The van der Waals surface area contributed by atoms with E-state index in [0.717, 1.165) is 30.7 Å². The van der Waals surface area contributed by atoms with Crippen molar-refractivity contribution in [1.82, 2.24) is 10.2 Å². The van der Waals surface area contributed by atoms with E-state index in [1.165, 1.54) is 18.9 Å². The number of ether oxygens (including phenoxy) is 4.